The van der Waals surface area contributed by atoms with Gasteiger partial charge in [0.05, 0.1) is 29.7 Å². The van der Waals surface area contributed by atoms with Crippen LogP contribution in [0, 0.1) is 12.3 Å². The van der Waals surface area contributed by atoms with E-state index in [0.29, 0.717) is 22.3 Å². The van der Waals surface area contributed by atoms with Gasteiger partial charge in [-0.1, -0.05) is 49.2 Å². The Bertz CT molecular complexity index is 1260. The second-order valence-electron chi connectivity index (χ2n) is 7.42. The van der Waals surface area contributed by atoms with Crippen LogP contribution in [0.25, 0.3) is 10.8 Å². The van der Waals surface area contributed by atoms with E-state index in [9.17, 15) is 18.3 Å². The number of hydrogen-bond acceptors (Lipinski definition) is 5. The van der Waals surface area contributed by atoms with Crippen LogP contribution in [0.15, 0.2) is 59.6 Å². The van der Waals surface area contributed by atoms with Crippen molar-refractivity contribution in [3.05, 3.63) is 60.3 Å². The van der Waals surface area contributed by atoms with E-state index in [2.05, 4.69) is 15.6 Å². The number of hydrogen-bond donors (Lipinski definition) is 2. The van der Waals surface area contributed by atoms with Crippen molar-refractivity contribution >= 4 is 38.3 Å². The van der Waals surface area contributed by atoms with E-state index < -0.39 is 22.0 Å². The molecule has 32 heavy (non-hydrogen) atoms. The molecular formula is C24H25N3O4S. The lowest BCUT2D eigenvalue weighted by Crippen LogP contribution is -2.36. The molecule has 8 heteroatoms. The summed E-state index contributed by atoms with van der Waals surface area (Å²) in [7, 11) is -3.82. The number of nitrogens with zero attached hydrogens (tertiary/aromatic N) is 2. The molecule has 166 valence electrons. The molecule has 1 heterocycles. The standard InChI is InChI=1S/C24H25N3O4S/c1-4-14-27(17(3)15-23(28)29)24-21-9-7-6-8-20(21)22(16-25-24)26-32(30,31)19-12-10-18(5-2)11-13-19/h1,6-13,16-17,26H,5,14-15H2,2-3H3,(H,28,29)/t17-/m0/s1. The average molecular weight is 452 g/mol. The second-order valence-corrected chi connectivity index (χ2v) is 9.11. The van der Waals surface area contributed by atoms with E-state index in [1.165, 1.54) is 6.20 Å². The van der Waals surface area contributed by atoms with Gasteiger partial charge in [0.2, 0.25) is 0 Å². The predicted molar refractivity (Wildman–Crippen MR) is 126 cm³/mol. The number of carboxylic acids is 1. The maximum atomic E-state index is 13.0. The number of nitrogens with one attached hydrogen (secondary N) is 1. The highest BCUT2D eigenvalue weighted by Crippen LogP contribution is 2.32. The van der Waals surface area contributed by atoms with Crippen molar-refractivity contribution in [2.24, 2.45) is 0 Å². The molecule has 0 aliphatic carbocycles. The summed E-state index contributed by atoms with van der Waals surface area (Å²) >= 11 is 0. The molecule has 0 radical (unpaired) electrons. The van der Waals surface area contributed by atoms with Crippen molar-refractivity contribution in [3.63, 3.8) is 0 Å². The third-order valence-electron chi connectivity index (χ3n) is 5.20. The SMILES string of the molecule is C#CCN(c1ncc(NS(=O)(=O)c2ccc(CC)cc2)c2ccccc12)[C@@H](C)CC(=O)O. The number of pyridine rings is 1. The molecular weight excluding hydrogens is 426 g/mol. The van der Waals surface area contributed by atoms with E-state index in [1.54, 1.807) is 48.2 Å². The number of anilines is 2. The van der Waals surface area contributed by atoms with Crippen LogP contribution < -0.4 is 9.62 Å². The van der Waals surface area contributed by atoms with Crippen LogP contribution in [0.3, 0.4) is 0 Å². The fourth-order valence-electron chi connectivity index (χ4n) is 3.50. The second kappa shape index (κ2) is 9.71. The number of sulfonamides is 1. The molecule has 0 aliphatic rings. The van der Waals surface area contributed by atoms with Crippen molar-refractivity contribution in [2.75, 3.05) is 16.2 Å². The monoisotopic (exact) mass is 451 g/mol. The van der Waals surface area contributed by atoms with Gasteiger partial charge in [0, 0.05) is 16.8 Å². The summed E-state index contributed by atoms with van der Waals surface area (Å²) in [4.78, 5) is 17.6. The molecule has 7 nitrogen and oxygen atoms in total. The summed E-state index contributed by atoms with van der Waals surface area (Å²) in [5.74, 6) is 2.11. The minimum atomic E-state index is -3.82. The molecule has 2 aromatic carbocycles. The van der Waals surface area contributed by atoms with Crippen LogP contribution in [0.4, 0.5) is 11.5 Å². The number of fused-ring (bicyclic) bond motifs is 1. The maximum absolute atomic E-state index is 13.0. The molecule has 3 rings (SSSR count). The maximum Gasteiger partial charge on any atom is 0.305 e. The van der Waals surface area contributed by atoms with Crippen molar-refractivity contribution in [3.8, 4) is 12.3 Å². The first-order valence-corrected chi connectivity index (χ1v) is 11.7. The van der Waals surface area contributed by atoms with Gasteiger partial charge in [-0.15, -0.1) is 6.42 Å². The highest BCUT2D eigenvalue weighted by molar-refractivity contribution is 7.92. The van der Waals surface area contributed by atoms with E-state index >= 15 is 0 Å². The van der Waals surface area contributed by atoms with E-state index in [0.717, 1.165) is 12.0 Å². The van der Waals surface area contributed by atoms with Gasteiger partial charge in [0.25, 0.3) is 10.0 Å². The molecule has 0 spiro atoms. The van der Waals surface area contributed by atoms with Crippen molar-refractivity contribution < 1.29 is 18.3 Å². The third-order valence-corrected chi connectivity index (χ3v) is 6.58. The first-order chi connectivity index (χ1) is 15.3. The molecule has 0 fully saturated rings. The zero-order valence-corrected chi connectivity index (χ0v) is 18.8. The Hall–Kier alpha value is -3.57. The van der Waals surface area contributed by atoms with Crippen LogP contribution in [-0.4, -0.2) is 37.1 Å². The normalized spacial score (nSPS) is 12.2. The Morgan fingerprint density at radius 2 is 1.84 bits per heavy atom. The van der Waals surface area contributed by atoms with Crippen LogP contribution in [0.5, 0.6) is 0 Å². The summed E-state index contributed by atoms with van der Waals surface area (Å²) in [5, 5.41) is 10.5. The summed E-state index contributed by atoms with van der Waals surface area (Å²) in [6.07, 6.45) is 7.66. The molecule has 0 amide bonds. The lowest BCUT2D eigenvalue weighted by atomic mass is 10.1. The van der Waals surface area contributed by atoms with Gasteiger partial charge < -0.3 is 10.0 Å². The zero-order valence-electron chi connectivity index (χ0n) is 17.9. The number of carbonyl (C=O) groups is 1. The number of rotatable bonds is 9. The van der Waals surface area contributed by atoms with E-state index in [4.69, 9.17) is 6.42 Å². The van der Waals surface area contributed by atoms with Crippen LogP contribution in [0.2, 0.25) is 0 Å². The number of benzene rings is 2. The number of aryl methyl sites for hydroxylation is 1. The van der Waals surface area contributed by atoms with Crippen molar-refractivity contribution in [2.45, 2.75) is 37.6 Å². The number of terminal acetylenes is 1. The van der Waals surface area contributed by atoms with Crippen LogP contribution >= 0.6 is 0 Å². The van der Waals surface area contributed by atoms with Gasteiger partial charge in [-0.25, -0.2) is 13.4 Å². The Kier molecular flexibility index (Phi) is 7.01. The molecule has 0 aliphatic heterocycles. The Balaban J connectivity index is 2.04. The topological polar surface area (TPSA) is 99.6 Å². The number of aliphatic carboxylic acids is 1. The summed E-state index contributed by atoms with van der Waals surface area (Å²) in [6, 6.07) is 13.5. The molecule has 0 bridgehead atoms. The van der Waals surface area contributed by atoms with E-state index in [-0.39, 0.29) is 17.9 Å². The molecule has 2 N–H and O–H groups in total. The van der Waals surface area contributed by atoms with Crippen LogP contribution in [-0.2, 0) is 21.2 Å². The fraction of sp³-hybridized carbons (Fsp3) is 0.250. The fourth-order valence-corrected chi connectivity index (χ4v) is 4.56. The van der Waals surface area contributed by atoms with Gasteiger partial charge in [-0.05, 0) is 31.0 Å². The van der Waals surface area contributed by atoms with Gasteiger partial charge >= 0.3 is 5.97 Å². The first kappa shape index (κ1) is 23.1. The molecule has 3 aromatic rings. The minimum Gasteiger partial charge on any atom is -0.481 e. The number of aromatic nitrogens is 1. The van der Waals surface area contributed by atoms with Gasteiger partial charge in [0.1, 0.15) is 5.82 Å². The van der Waals surface area contributed by atoms with Gasteiger partial charge in [0.15, 0.2) is 0 Å². The quantitative estimate of drug-likeness (QED) is 0.479. The van der Waals surface area contributed by atoms with Crippen LogP contribution in [0.1, 0.15) is 25.8 Å². The van der Waals surface area contributed by atoms with Crippen molar-refractivity contribution in [1.29, 1.82) is 0 Å². The van der Waals surface area contributed by atoms with Gasteiger partial charge in [-0.2, -0.15) is 0 Å². The average Bonchev–Trinajstić information content (AvgIpc) is 2.77. The molecule has 0 saturated heterocycles. The smallest absolute Gasteiger partial charge is 0.305 e. The minimum absolute atomic E-state index is 0.111. The molecule has 0 saturated carbocycles. The highest BCUT2D eigenvalue weighted by Gasteiger charge is 2.22. The van der Waals surface area contributed by atoms with Gasteiger partial charge in [-0.3, -0.25) is 9.52 Å². The molecule has 0 unspecified atom stereocenters. The predicted octanol–water partition coefficient (Wildman–Crippen LogP) is 3.90. The first-order valence-electron chi connectivity index (χ1n) is 10.2. The molecule has 1 atom stereocenters. The number of carboxylic acid groups (broad SMARTS) is 1. The highest BCUT2D eigenvalue weighted by atomic mass is 32.2. The Labute approximate surface area is 188 Å². The summed E-state index contributed by atoms with van der Waals surface area (Å²) in [6.45, 7) is 3.93. The molecule has 1 aromatic heterocycles. The summed E-state index contributed by atoms with van der Waals surface area (Å²) in [5.41, 5.74) is 1.37. The lowest BCUT2D eigenvalue weighted by Gasteiger charge is -2.29. The third kappa shape index (κ3) is 5.01. The van der Waals surface area contributed by atoms with Crippen molar-refractivity contribution in [1.82, 2.24) is 4.98 Å². The lowest BCUT2D eigenvalue weighted by molar-refractivity contribution is -0.137. The largest absolute Gasteiger partial charge is 0.481 e. The zero-order chi connectivity index (χ0) is 23.3. The Morgan fingerprint density at radius 3 is 2.44 bits per heavy atom. The van der Waals surface area contributed by atoms with E-state index in [1.807, 2.05) is 19.1 Å². The summed E-state index contributed by atoms with van der Waals surface area (Å²) < 4.78 is 28.5. The Morgan fingerprint density at radius 1 is 1.19 bits per heavy atom.